The van der Waals surface area contributed by atoms with Crippen LogP contribution in [-0.4, -0.2) is 43.8 Å². The Kier molecular flexibility index (Phi) is 5.07. The molecule has 118 valence electrons. The van der Waals surface area contributed by atoms with Crippen LogP contribution in [0.1, 0.15) is 38.4 Å². The van der Waals surface area contributed by atoms with Crippen molar-refractivity contribution >= 4 is 9.84 Å². The summed E-state index contributed by atoms with van der Waals surface area (Å²) < 4.78 is 22.9. The van der Waals surface area contributed by atoms with E-state index in [-0.39, 0.29) is 0 Å². The summed E-state index contributed by atoms with van der Waals surface area (Å²) in [5, 5.41) is 10.4. The number of benzene rings is 1. The Morgan fingerprint density at radius 2 is 1.90 bits per heavy atom. The van der Waals surface area contributed by atoms with Crippen LogP contribution in [0.3, 0.4) is 0 Å². The Morgan fingerprint density at radius 1 is 1.29 bits per heavy atom. The van der Waals surface area contributed by atoms with E-state index in [0.717, 1.165) is 18.0 Å². The molecule has 1 aliphatic rings. The van der Waals surface area contributed by atoms with Gasteiger partial charge in [0.25, 0.3) is 0 Å². The number of rotatable bonds is 4. The van der Waals surface area contributed by atoms with Gasteiger partial charge in [-0.15, -0.1) is 0 Å². The van der Waals surface area contributed by atoms with Crippen molar-refractivity contribution in [2.75, 3.05) is 19.3 Å². The summed E-state index contributed by atoms with van der Waals surface area (Å²) in [6, 6.07) is 7.03. The summed E-state index contributed by atoms with van der Waals surface area (Å²) in [6.45, 7) is 6.09. The summed E-state index contributed by atoms with van der Waals surface area (Å²) in [4.78, 5) is 2.61. The van der Waals surface area contributed by atoms with E-state index in [1.807, 2.05) is 0 Å². The average Bonchev–Trinajstić information content (AvgIpc) is 2.41. The quantitative estimate of drug-likeness (QED) is 0.926. The first-order valence-electron chi connectivity index (χ1n) is 7.49. The van der Waals surface area contributed by atoms with Gasteiger partial charge in [0.2, 0.25) is 0 Å². The third-order valence-corrected chi connectivity index (χ3v) is 5.50. The monoisotopic (exact) mass is 311 g/mol. The molecule has 1 fully saturated rings. The van der Waals surface area contributed by atoms with Gasteiger partial charge < -0.3 is 5.11 Å². The lowest BCUT2D eigenvalue weighted by Crippen LogP contribution is -2.42. The van der Waals surface area contributed by atoms with Crippen LogP contribution in [0.25, 0.3) is 0 Å². The van der Waals surface area contributed by atoms with E-state index in [1.165, 1.54) is 19.1 Å². The van der Waals surface area contributed by atoms with Gasteiger partial charge >= 0.3 is 0 Å². The maximum absolute atomic E-state index is 11.4. The normalized spacial score (nSPS) is 25.7. The maximum Gasteiger partial charge on any atom is 0.175 e. The summed E-state index contributed by atoms with van der Waals surface area (Å²) in [5.41, 5.74) is 0.772. The smallest absolute Gasteiger partial charge is 0.175 e. The largest absolute Gasteiger partial charge is 0.387 e. The van der Waals surface area contributed by atoms with Crippen LogP contribution in [0.4, 0.5) is 0 Å². The van der Waals surface area contributed by atoms with Gasteiger partial charge in [0, 0.05) is 18.8 Å². The Bertz CT molecular complexity index is 568. The molecule has 0 amide bonds. The van der Waals surface area contributed by atoms with Crippen LogP contribution >= 0.6 is 0 Å². The Hall–Kier alpha value is -0.910. The summed E-state index contributed by atoms with van der Waals surface area (Å²) in [7, 11) is -3.18. The number of β-amino-alcohol motifs (C(OH)–C–C–N with tert-alkyl or cyclic N) is 1. The fourth-order valence-electron chi connectivity index (χ4n) is 2.99. The molecule has 4 nitrogen and oxygen atoms in total. The number of hydrogen-bond acceptors (Lipinski definition) is 4. The third-order valence-electron chi connectivity index (χ3n) is 4.38. The van der Waals surface area contributed by atoms with Crippen molar-refractivity contribution in [2.45, 2.75) is 43.7 Å². The molecule has 3 atom stereocenters. The lowest BCUT2D eigenvalue weighted by Gasteiger charge is -2.37. The molecule has 0 aliphatic carbocycles. The van der Waals surface area contributed by atoms with Gasteiger partial charge in [-0.1, -0.05) is 19.1 Å². The molecule has 1 aromatic rings. The van der Waals surface area contributed by atoms with E-state index in [1.54, 1.807) is 24.3 Å². The highest BCUT2D eigenvalue weighted by atomic mass is 32.2. The minimum atomic E-state index is -3.18. The first kappa shape index (κ1) is 16.5. The number of nitrogens with zero attached hydrogens (tertiary/aromatic N) is 1. The number of hydrogen-bond donors (Lipinski definition) is 1. The standard InChI is InChI=1S/C16H25NO3S/c1-12-8-9-17(13(2)10-12)11-16(18)14-4-6-15(7-5-14)21(3,19)20/h4-7,12-13,16,18H,8-11H2,1-3H3. The first-order valence-corrected chi connectivity index (χ1v) is 9.38. The fraction of sp³-hybridized carbons (Fsp3) is 0.625. The zero-order valence-corrected chi connectivity index (χ0v) is 13.8. The molecule has 1 N–H and O–H groups in total. The minimum absolute atomic E-state index is 0.290. The third kappa shape index (κ3) is 4.28. The summed E-state index contributed by atoms with van der Waals surface area (Å²) >= 11 is 0. The Balaban J connectivity index is 2.02. The lowest BCUT2D eigenvalue weighted by atomic mass is 9.93. The van der Waals surface area contributed by atoms with Crippen molar-refractivity contribution in [3.05, 3.63) is 29.8 Å². The number of sulfone groups is 1. The van der Waals surface area contributed by atoms with E-state index in [4.69, 9.17) is 0 Å². The molecule has 0 spiro atoms. The second kappa shape index (κ2) is 6.46. The van der Waals surface area contributed by atoms with E-state index in [9.17, 15) is 13.5 Å². The molecule has 3 unspecified atom stereocenters. The van der Waals surface area contributed by atoms with Crippen LogP contribution < -0.4 is 0 Å². The molecule has 2 rings (SSSR count). The molecule has 1 aromatic carbocycles. The Morgan fingerprint density at radius 3 is 2.43 bits per heavy atom. The van der Waals surface area contributed by atoms with Crippen LogP contribution in [0.2, 0.25) is 0 Å². The van der Waals surface area contributed by atoms with Gasteiger partial charge in [0.05, 0.1) is 11.0 Å². The first-order chi connectivity index (χ1) is 9.77. The highest BCUT2D eigenvalue weighted by molar-refractivity contribution is 7.90. The van der Waals surface area contributed by atoms with Gasteiger partial charge in [-0.3, -0.25) is 4.90 Å². The van der Waals surface area contributed by atoms with E-state index < -0.39 is 15.9 Å². The minimum Gasteiger partial charge on any atom is -0.387 e. The molecule has 1 saturated heterocycles. The molecule has 21 heavy (non-hydrogen) atoms. The predicted molar refractivity (Wildman–Crippen MR) is 83.9 cm³/mol. The van der Waals surface area contributed by atoms with Crippen LogP contribution in [0, 0.1) is 5.92 Å². The number of aliphatic hydroxyl groups is 1. The zero-order valence-electron chi connectivity index (χ0n) is 13.0. The number of likely N-dealkylation sites (tertiary alicyclic amines) is 1. The van der Waals surface area contributed by atoms with E-state index >= 15 is 0 Å². The van der Waals surface area contributed by atoms with Crippen molar-refractivity contribution in [1.82, 2.24) is 4.90 Å². The molecule has 1 heterocycles. The van der Waals surface area contributed by atoms with Crippen molar-refractivity contribution in [3.63, 3.8) is 0 Å². The fourth-order valence-corrected chi connectivity index (χ4v) is 3.62. The van der Waals surface area contributed by atoms with Gasteiger partial charge in [0.15, 0.2) is 9.84 Å². The number of aliphatic hydroxyl groups excluding tert-OH is 1. The summed E-state index contributed by atoms with van der Waals surface area (Å²) in [5.74, 6) is 0.752. The second-order valence-corrected chi connectivity index (χ2v) is 8.35. The molecule has 5 heteroatoms. The van der Waals surface area contributed by atoms with Gasteiger partial charge in [-0.25, -0.2) is 8.42 Å². The van der Waals surface area contributed by atoms with E-state index in [0.29, 0.717) is 17.5 Å². The highest BCUT2D eigenvalue weighted by Crippen LogP contribution is 2.25. The second-order valence-electron chi connectivity index (χ2n) is 6.33. The number of piperidine rings is 1. The average molecular weight is 311 g/mol. The van der Waals surface area contributed by atoms with Crippen molar-refractivity contribution < 1.29 is 13.5 Å². The maximum atomic E-state index is 11.4. The summed E-state index contributed by atoms with van der Waals surface area (Å²) in [6.07, 6.45) is 2.95. The molecule has 1 aliphatic heterocycles. The molecule has 0 saturated carbocycles. The van der Waals surface area contributed by atoms with Crippen LogP contribution in [0.15, 0.2) is 29.2 Å². The predicted octanol–water partition coefficient (Wildman–Crippen LogP) is 2.24. The van der Waals surface area contributed by atoms with Crippen LogP contribution in [0.5, 0.6) is 0 Å². The van der Waals surface area contributed by atoms with Gasteiger partial charge in [0.1, 0.15) is 0 Å². The molecular formula is C16H25NO3S. The van der Waals surface area contributed by atoms with Gasteiger partial charge in [-0.05, 0) is 49.9 Å². The molecule has 0 aromatic heterocycles. The van der Waals surface area contributed by atoms with Crippen molar-refractivity contribution in [2.24, 2.45) is 5.92 Å². The van der Waals surface area contributed by atoms with Crippen LogP contribution in [-0.2, 0) is 9.84 Å². The molecule has 0 bridgehead atoms. The molecular weight excluding hydrogens is 286 g/mol. The Labute approximate surface area is 127 Å². The highest BCUT2D eigenvalue weighted by Gasteiger charge is 2.25. The van der Waals surface area contributed by atoms with Crippen molar-refractivity contribution in [1.29, 1.82) is 0 Å². The lowest BCUT2D eigenvalue weighted by molar-refractivity contribution is 0.0601. The van der Waals surface area contributed by atoms with Gasteiger partial charge in [-0.2, -0.15) is 0 Å². The SMILES string of the molecule is CC1CCN(CC(O)c2ccc(S(C)(=O)=O)cc2)C(C)C1. The topological polar surface area (TPSA) is 57.6 Å². The van der Waals surface area contributed by atoms with E-state index in [2.05, 4.69) is 18.7 Å². The van der Waals surface area contributed by atoms with Crippen molar-refractivity contribution in [3.8, 4) is 0 Å². The molecule has 0 radical (unpaired) electrons. The zero-order chi connectivity index (χ0) is 15.6.